The maximum Gasteiger partial charge on any atom is 0.340 e. The molecule has 1 aromatic heterocycles. The first-order valence-corrected chi connectivity index (χ1v) is 10.9. The van der Waals surface area contributed by atoms with E-state index in [4.69, 9.17) is 30.9 Å². The average Bonchev–Trinajstić information content (AvgIpc) is 2.82. The number of rotatable bonds is 11. The number of nitrogens with one attached hydrogen (secondary N) is 1. The van der Waals surface area contributed by atoms with Crippen LogP contribution in [0.3, 0.4) is 0 Å². The number of halogens is 1. The number of carboxylic acids is 1. The topological polar surface area (TPSA) is 141 Å². The Balaban J connectivity index is 2.44. The zero-order valence-corrected chi connectivity index (χ0v) is 20.2. The van der Waals surface area contributed by atoms with Gasteiger partial charge >= 0.3 is 17.9 Å². The summed E-state index contributed by atoms with van der Waals surface area (Å²) < 4.78 is 15.8. The van der Waals surface area contributed by atoms with Crippen LogP contribution in [0.1, 0.15) is 39.0 Å². The third-order valence-corrected chi connectivity index (χ3v) is 4.96. The molecule has 186 valence electrons. The highest BCUT2D eigenvalue weighted by atomic mass is 35.5. The zero-order chi connectivity index (χ0) is 26.0. The van der Waals surface area contributed by atoms with Crippen molar-refractivity contribution in [2.24, 2.45) is 0 Å². The molecule has 0 aliphatic heterocycles. The Kier molecular flexibility index (Phi) is 10.4. The van der Waals surface area contributed by atoms with Crippen LogP contribution in [-0.4, -0.2) is 60.8 Å². The van der Waals surface area contributed by atoms with Crippen LogP contribution < -0.4 is 5.32 Å². The summed E-state index contributed by atoms with van der Waals surface area (Å²) in [5.74, 6) is -3.25. The molecule has 35 heavy (non-hydrogen) atoms. The Morgan fingerprint density at radius 1 is 1.11 bits per heavy atom. The molecule has 0 radical (unpaired) electrons. The highest BCUT2D eigenvalue weighted by molar-refractivity contribution is 6.34. The maximum atomic E-state index is 13.0. The van der Waals surface area contributed by atoms with E-state index in [0.29, 0.717) is 22.4 Å². The Bertz CT molecular complexity index is 1150. The monoisotopic (exact) mass is 504 g/mol. The van der Waals surface area contributed by atoms with E-state index in [1.54, 1.807) is 38.1 Å². The van der Waals surface area contributed by atoms with Crippen LogP contribution in [0.25, 0.3) is 11.1 Å². The highest BCUT2D eigenvalue weighted by Crippen LogP contribution is 2.36. The lowest BCUT2D eigenvalue weighted by atomic mass is 9.92. The first kappa shape index (κ1) is 27.5. The fourth-order valence-electron chi connectivity index (χ4n) is 3.20. The Morgan fingerprint density at radius 3 is 2.46 bits per heavy atom. The zero-order valence-electron chi connectivity index (χ0n) is 19.4. The predicted octanol–water partition coefficient (Wildman–Crippen LogP) is 2.95. The van der Waals surface area contributed by atoms with Gasteiger partial charge in [-0.3, -0.25) is 9.78 Å². The number of carbonyl (C=O) groups excluding carboxylic acids is 3. The minimum absolute atomic E-state index is 0.0133. The van der Waals surface area contributed by atoms with E-state index in [9.17, 15) is 19.2 Å². The molecule has 0 unspecified atom stereocenters. The first-order chi connectivity index (χ1) is 16.7. The fraction of sp³-hybridized carbons (Fsp3) is 0.292. The van der Waals surface area contributed by atoms with E-state index in [1.807, 2.05) is 0 Å². The van der Waals surface area contributed by atoms with Crippen LogP contribution in [-0.2, 0) is 30.4 Å². The van der Waals surface area contributed by atoms with Crippen molar-refractivity contribution in [3.05, 3.63) is 64.0 Å². The number of ether oxygens (including phenoxy) is 3. The molecule has 0 atom stereocenters. The van der Waals surface area contributed by atoms with Crippen LogP contribution in [0.15, 0.2) is 36.4 Å². The number of amides is 1. The number of carbonyl (C=O) groups is 4. The average molecular weight is 505 g/mol. The molecule has 0 saturated heterocycles. The van der Waals surface area contributed by atoms with E-state index in [0.717, 1.165) is 6.08 Å². The number of aryl methyl sites for hydroxylation is 1. The molecular formula is C24H25ClN2O8. The van der Waals surface area contributed by atoms with Gasteiger partial charge in [-0.25, -0.2) is 14.4 Å². The summed E-state index contributed by atoms with van der Waals surface area (Å²) in [5, 5.41) is 11.3. The SMILES string of the molecule is CCOC(=O)c1c(COCCNC(=O)/C=C\C(=O)O)nc(C)c(C(=O)OC)c1-c1ccccc1Cl. The van der Waals surface area contributed by atoms with Gasteiger partial charge in [-0.1, -0.05) is 29.8 Å². The third kappa shape index (κ3) is 7.36. The molecule has 0 bridgehead atoms. The Morgan fingerprint density at radius 2 is 1.83 bits per heavy atom. The van der Waals surface area contributed by atoms with E-state index < -0.39 is 23.8 Å². The van der Waals surface area contributed by atoms with Gasteiger partial charge in [0, 0.05) is 34.8 Å². The predicted molar refractivity (Wildman–Crippen MR) is 126 cm³/mol. The van der Waals surface area contributed by atoms with Crippen molar-refractivity contribution in [1.29, 1.82) is 0 Å². The van der Waals surface area contributed by atoms with Gasteiger partial charge in [0.1, 0.15) is 0 Å². The van der Waals surface area contributed by atoms with E-state index in [1.165, 1.54) is 7.11 Å². The summed E-state index contributed by atoms with van der Waals surface area (Å²) in [6, 6.07) is 6.72. The van der Waals surface area contributed by atoms with Gasteiger partial charge in [-0.15, -0.1) is 0 Å². The molecule has 11 heteroatoms. The van der Waals surface area contributed by atoms with Gasteiger partial charge in [-0.05, 0) is 19.9 Å². The second-order valence-corrected chi connectivity index (χ2v) is 7.38. The van der Waals surface area contributed by atoms with Crippen LogP contribution >= 0.6 is 11.6 Å². The van der Waals surface area contributed by atoms with Crippen molar-refractivity contribution < 1.29 is 38.5 Å². The number of hydrogen-bond acceptors (Lipinski definition) is 8. The molecule has 1 amide bonds. The van der Waals surface area contributed by atoms with Crippen LogP contribution in [0.4, 0.5) is 0 Å². The van der Waals surface area contributed by atoms with Crippen molar-refractivity contribution in [2.45, 2.75) is 20.5 Å². The minimum Gasteiger partial charge on any atom is -0.478 e. The summed E-state index contributed by atoms with van der Waals surface area (Å²) in [4.78, 5) is 52.1. The number of benzene rings is 1. The van der Waals surface area contributed by atoms with Gasteiger partial charge in [0.25, 0.3) is 0 Å². The molecule has 2 rings (SSSR count). The lowest BCUT2D eigenvalue weighted by Gasteiger charge is -2.19. The number of carboxylic acid groups (broad SMARTS) is 1. The van der Waals surface area contributed by atoms with Crippen molar-refractivity contribution in [1.82, 2.24) is 10.3 Å². The third-order valence-electron chi connectivity index (χ3n) is 4.63. The summed E-state index contributed by atoms with van der Waals surface area (Å²) in [6.07, 6.45) is 1.60. The summed E-state index contributed by atoms with van der Waals surface area (Å²) in [5.41, 5.74) is 1.23. The summed E-state index contributed by atoms with van der Waals surface area (Å²) >= 11 is 6.42. The number of hydrogen-bond donors (Lipinski definition) is 2. The molecular weight excluding hydrogens is 480 g/mol. The van der Waals surface area contributed by atoms with E-state index in [2.05, 4.69) is 10.3 Å². The smallest absolute Gasteiger partial charge is 0.340 e. The lowest BCUT2D eigenvalue weighted by Crippen LogP contribution is -2.26. The van der Waals surface area contributed by atoms with Gasteiger partial charge in [0.2, 0.25) is 5.91 Å². The summed E-state index contributed by atoms with van der Waals surface area (Å²) in [6.45, 7) is 3.30. The van der Waals surface area contributed by atoms with Crippen LogP contribution in [0.2, 0.25) is 5.02 Å². The normalized spacial score (nSPS) is 10.7. The quantitative estimate of drug-likeness (QED) is 0.268. The number of nitrogens with zero attached hydrogens (tertiary/aromatic N) is 1. The highest BCUT2D eigenvalue weighted by Gasteiger charge is 2.29. The van der Waals surface area contributed by atoms with Gasteiger partial charge < -0.3 is 24.6 Å². The standard InChI is InChI=1S/C24H25ClN2O8/c1-4-35-24(32)22-17(13-34-12-11-26-18(28)9-10-19(29)30)27-14(2)20(23(31)33-3)21(22)15-7-5-6-8-16(15)25/h5-10H,4,11-13H2,1-3H3,(H,26,28)(H,29,30)/b10-9-. The molecule has 0 aliphatic carbocycles. The van der Waals surface area contributed by atoms with Crippen LogP contribution in [0.5, 0.6) is 0 Å². The largest absolute Gasteiger partial charge is 0.478 e. The molecule has 0 spiro atoms. The number of aliphatic carboxylic acids is 1. The molecule has 2 N–H and O–H groups in total. The number of pyridine rings is 1. The van der Waals surface area contributed by atoms with Crippen molar-refractivity contribution in [3.8, 4) is 11.1 Å². The van der Waals surface area contributed by atoms with E-state index in [-0.39, 0.29) is 48.7 Å². The molecule has 10 nitrogen and oxygen atoms in total. The van der Waals surface area contributed by atoms with Crippen molar-refractivity contribution in [3.63, 3.8) is 0 Å². The molecule has 0 fully saturated rings. The Hall–Kier alpha value is -3.76. The second kappa shape index (κ2) is 13.2. The number of aromatic nitrogens is 1. The molecule has 1 heterocycles. The summed E-state index contributed by atoms with van der Waals surface area (Å²) in [7, 11) is 1.22. The second-order valence-electron chi connectivity index (χ2n) is 6.98. The van der Waals surface area contributed by atoms with Crippen molar-refractivity contribution in [2.75, 3.05) is 26.9 Å². The van der Waals surface area contributed by atoms with Crippen molar-refractivity contribution >= 4 is 35.4 Å². The van der Waals surface area contributed by atoms with Gasteiger partial charge in [0.05, 0.1) is 49.4 Å². The minimum atomic E-state index is -1.24. The molecule has 2 aromatic rings. The number of esters is 2. The van der Waals surface area contributed by atoms with E-state index >= 15 is 0 Å². The molecule has 1 aromatic carbocycles. The maximum absolute atomic E-state index is 13.0. The fourth-order valence-corrected chi connectivity index (χ4v) is 3.43. The molecule has 0 saturated carbocycles. The Labute approximate surface area is 206 Å². The first-order valence-electron chi connectivity index (χ1n) is 10.5. The van der Waals surface area contributed by atoms with Gasteiger partial charge in [0.15, 0.2) is 0 Å². The number of methoxy groups -OCH3 is 1. The molecule has 0 aliphatic rings. The van der Waals surface area contributed by atoms with Gasteiger partial charge in [-0.2, -0.15) is 0 Å². The lowest BCUT2D eigenvalue weighted by molar-refractivity contribution is -0.131. The van der Waals surface area contributed by atoms with Crippen LogP contribution in [0, 0.1) is 6.92 Å².